The number of rotatable bonds is 5. The molecular weight excluding hydrogens is 220 g/mol. The van der Waals surface area contributed by atoms with Crippen molar-refractivity contribution in [2.45, 2.75) is 52.1 Å². The van der Waals surface area contributed by atoms with Crippen LogP contribution in [0.25, 0.3) is 0 Å². The lowest BCUT2D eigenvalue weighted by atomic mass is 9.92. The van der Waals surface area contributed by atoms with E-state index >= 15 is 0 Å². The Hall–Kier alpha value is -0.860. The normalized spacial score (nSPS) is 22.3. The number of hydrogen-bond donors (Lipinski definition) is 2. The molecule has 0 heterocycles. The highest BCUT2D eigenvalue weighted by atomic mass is 14.9. The Balaban J connectivity index is 1.79. The van der Waals surface area contributed by atoms with E-state index in [0.717, 1.165) is 13.0 Å². The first kappa shape index (κ1) is 13.6. The van der Waals surface area contributed by atoms with E-state index in [4.69, 9.17) is 5.73 Å². The molecule has 3 N–H and O–H groups in total. The number of nitrogens with two attached hydrogens (primary N) is 1. The molecule has 1 saturated carbocycles. The van der Waals surface area contributed by atoms with Crippen molar-refractivity contribution in [3.8, 4) is 0 Å². The van der Waals surface area contributed by atoms with Crippen molar-refractivity contribution in [2.24, 2.45) is 11.1 Å². The lowest BCUT2D eigenvalue weighted by molar-refractivity contribution is 0.365. The average Bonchev–Trinajstić information content (AvgIpc) is 2.69. The molecule has 0 aromatic heterocycles. The van der Waals surface area contributed by atoms with Gasteiger partial charge in [0.2, 0.25) is 0 Å². The molecule has 1 aromatic rings. The van der Waals surface area contributed by atoms with E-state index in [9.17, 15) is 0 Å². The van der Waals surface area contributed by atoms with Crippen LogP contribution in [-0.2, 0) is 13.0 Å². The fourth-order valence-electron chi connectivity index (χ4n) is 3.02. The smallest absolute Gasteiger partial charge is 0.0180 e. The van der Waals surface area contributed by atoms with Crippen LogP contribution in [0, 0.1) is 5.41 Å². The van der Waals surface area contributed by atoms with Gasteiger partial charge in [0.15, 0.2) is 0 Å². The molecule has 0 saturated heterocycles. The van der Waals surface area contributed by atoms with Gasteiger partial charge in [-0.1, -0.05) is 38.1 Å². The van der Waals surface area contributed by atoms with Gasteiger partial charge in [0.25, 0.3) is 0 Å². The highest BCUT2D eigenvalue weighted by molar-refractivity contribution is 5.27. The SMILES string of the molecule is CC1(C)CCC(NCCc2ccccc2CN)C1. The van der Waals surface area contributed by atoms with E-state index in [1.165, 1.54) is 30.4 Å². The molecule has 2 nitrogen and oxygen atoms in total. The van der Waals surface area contributed by atoms with Gasteiger partial charge in [-0.3, -0.25) is 0 Å². The molecule has 1 atom stereocenters. The third-order valence-corrected chi connectivity index (χ3v) is 4.13. The van der Waals surface area contributed by atoms with Gasteiger partial charge in [0, 0.05) is 12.6 Å². The molecule has 0 aliphatic heterocycles. The zero-order chi connectivity index (χ0) is 13.0. The molecule has 1 unspecified atom stereocenters. The predicted molar refractivity (Wildman–Crippen MR) is 77.5 cm³/mol. The second kappa shape index (κ2) is 5.85. The van der Waals surface area contributed by atoms with Gasteiger partial charge in [-0.05, 0) is 48.8 Å². The lowest BCUT2D eigenvalue weighted by Gasteiger charge is -2.18. The first-order valence-corrected chi connectivity index (χ1v) is 7.11. The molecule has 0 bridgehead atoms. The second-order valence-electron chi connectivity index (χ2n) is 6.28. The van der Waals surface area contributed by atoms with Crippen LogP contribution in [0.3, 0.4) is 0 Å². The van der Waals surface area contributed by atoms with Crippen LogP contribution in [0.5, 0.6) is 0 Å². The molecule has 1 aliphatic rings. The summed E-state index contributed by atoms with van der Waals surface area (Å²) in [7, 11) is 0. The van der Waals surface area contributed by atoms with Crippen molar-refractivity contribution in [3.05, 3.63) is 35.4 Å². The summed E-state index contributed by atoms with van der Waals surface area (Å²) in [6, 6.07) is 9.22. The van der Waals surface area contributed by atoms with Crippen LogP contribution in [0.2, 0.25) is 0 Å². The number of nitrogens with one attached hydrogen (secondary N) is 1. The molecular formula is C16H26N2. The Morgan fingerprint density at radius 2 is 2.00 bits per heavy atom. The molecule has 18 heavy (non-hydrogen) atoms. The minimum atomic E-state index is 0.535. The zero-order valence-electron chi connectivity index (χ0n) is 11.7. The third-order valence-electron chi connectivity index (χ3n) is 4.13. The summed E-state index contributed by atoms with van der Waals surface area (Å²) in [6.45, 7) is 6.46. The van der Waals surface area contributed by atoms with Crippen molar-refractivity contribution < 1.29 is 0 Å². The van der Waals surface area contributed by atoms with Gasteiger partial charge in [-0.25, -0.2) is 0 Å². The Morgan fingerprint density at radius 1 is 1.28 bits per heavy atom. The van der Waals surface area contributed by atoms with Crippen molar-refractivity contribution in [1.29, 1.82) is 0 Å². The molecule has 0 radical (unpaired) electrons. The Bertz CT molecular complexity index is 384. The summed E-state index contributed by atoms with van der Waals surface area (Å²) in [5.74, 6) is 0. The summed E-state index contributed by atoms with van der Waals surface area (Å²) < 4.78 is 0. The quantitative estimate of drug-likeness (QED) is 0.838. The van der Waals surface area contributed by atoms with Crippen LogP contribution < -0.4 is 11.1 Å². The van der Waals surface area contributed by atoms with Gasteiger partial charge in [-0.15, -0.1) is 0 Å². The van der Waals surface area contributed by atoms with E-state index < -0.39 is 0 Å². The number of hydrogen-bond acceptors (Lipinski definition) is 2. The zero-order valence-corrected chi connectivity index (χ0v) is 11.7. The maximum Gasteiger partial charge on any atom is 0.0180 e. The first-order valence-electron chi connectivity index (χ1n) is 7.11. The molecule has 1 aromatic carbocycles. The average molecular weight is 246 g/mol. The van der Waals surface area contributed by atoms with Gasteiger partial charge < -0.3 is 11.1 Å². The molecule has 2 rings (SSSR count). The molecule has 0 spiro atoms. The minimum Gasteiger partial charge on any atom is -0.326 e. The highest BCUT2D eigenvalue weighted by Gasteiger charge is 2.30. The van der Waals surface area contributed by atoms with Gasteiger partial charge >= 0.3 is 0 Å². The molecule has 1 fully saturated rings. The van der Waals surface area contributed by atoms with Crippen LogP contribution in [-0.4, -0.2) is 12.6 Å². The van der Waals surface area contributed by atoms with E-state index in [0.29, 0.717) is 18.0 Å². The Morgan fingerprint density at radius 3 is 2.61 bits per heavy atom. The summed E-state index contributed by atoms with van der Waals surface area (Å²) in [4.78, 5) is 0. The fraction of sp³-hybridized carbons (Fsp3) is 0.625. The lowest BCUT2D eigenvalue weighted by Crippen LogP contribution is -2.29. The van der Waals surface area contributed by atoms with Crippen LogP contribution in [0.4, 0.5) is 0 Å². The topological polar surface area (TPSA) is 38.0 Å². The van der Waals surface area contributed by atoms with E-state index in [-0.39, 0.29) is 0 Å². The molecule has 2 heteroatoms. The maximum atomic E-state index is 5.76. The van der Waals surface area contributed by atoms with Gasteiger partial charge in [-0.2, -0.15) is 0 Å². The molecule has 100 valence electrons. The van der Waals surface area contributed by atoms with Gasteiger partial charge in [0.1, 0.15) is 0 Å². The minimum absolute atomic E-state index is 0.535. The second-order valence-corrected chi connectivity index (χ2v) is 6.28. The summed E-state index contributed by atoms with van der Waals surface area (Å²) in [5, 5.41) is 3.70. The maximum absolute atomic E-state index is 5.76. The monoisotopic (exact) mass is 246 g/mol. The van der Waals surface area contributed by atoms with E-state index in [1.807, 2.05) is 0 Å². The summed E-state index contributed by atoms with van der Waals surface area (Å²) >= 11 is 0. The first-order chi connectivity index (χ1) is 8.61. The largest absolute Gasteiger partial charge is 0.326 e. The van der Waals surface area contributed by atoms with Crippen molar-refractivity contribution in [3.63, 3.8) is 0 Å². The summed E-state index contributed by atoms with van der Waals surface area (Å²) in [5.41, 5.74) is 8.97. The fourth-order valence-corrected chi connectivity index (χ4v) is 3.02. The Labute approximate surface area is 111 Å². The molecule has 0 amide bonds. The Kier molecular flexibility index (Phi) is 4.41. The standard InChI is InChI=1S/C16H26N2/c1-16(2)9-7-15(11-16)18-10-8-13-5-3-4-6-14(13)12-17/h3-6,15,18H,7-12,17H2,1-2H3. The van der Waals surface area contributed by atoms with Crippen molar-refractivity contribution in [2.75, 3.05) is 6.54 Å². The predicted octanol–water partition coefficient (Wildman–Crippen LogP) is 2.86. The van der Waals surface area contributed by atoms with Crippen LogP contribution in [0.1, 0.15) is 44.2 Å². The van der Waals surface area contributed by atoms with Crippen LogP contribution >= 0.6 is 0 Å². The third kappa shape index (κ3) is 3.56. The molecule has 1 aliphatic carbocycles. The van der Waals surface area contributed by atoms with Gasteiger partial charge in [0.05, 0.1) is 0 Å². The highest BCUT2D eigenvalue weighted by Crippen LogP contribution is 2.36. The van der Waals surface area contributed by atoms with E-state index in [1.54, 1.807) is 0 Å². The number of benzene rings is 1. The van der Waals surface area contributed by atoms with E-state index in [2.05, 4.69) is 43.4 Å². The van der Waals surface area contributed by atoms with Crippen LogP contribution in [0.15, 0.2) is 24.3 Å². The van der Waals surface area contributed by atoms with Crippen molar-refractivity contribution >= 4 is 0 Å². The van der Waals surface area contributed by atoms with Crippen molar-refractivity contribution in [1.82, 2.24) is 5.32 Å². The summed E-state index contributed by atoms with van der Waals surface area (Å²) in [6.07, 6.45) is 5.07.